The molecule has 0 atom stereocenters. The van der Waals surface area contributed by atoms with Crippen molar-refractivity contribution in [2.24, 2.45) is 0 Å². The van der Waals surface area contributed by atoms with Gasteiger partial charge in [0.05, 0.1) is 12.3 Å². The van der Waals surface area contributed by atoms with Crippen LogP contribution in [-0.4, -0.2) is 60.9 Å². The number of pyridine rings is 1. The number of ether oxygens (including phenoxy) is 1. The molecule has 0 bridgehead atoms. The van der Waals surface area contributed by atoms with Crippen molar-refractivity contribution in [2.75, 3.05) is 50.8 Å². The summed E-state index contributed by atoms with van der Waals surface area (Å²) in [6, 6.07) is 12.3. The summed E-state index contributed by atoms with van der Waals surface area (Å²) in [5, 5.41) is 12.3. The van der Waals surface area contributed by atoms with Gasteiger partial charge in [0, 0.05) is 41.8 Å². The van der Waals surface area contributed by atoms with Gasteiger partial charge in [-0.3, -0.25) is 4.90 Å². The molecule has 3 aromatic rings. The van der Waals surface area contributed by atoms with E-state index in [0.29, 0.717) is 6.61 Å². The van der Waals surface area contributed by atoms with Gasteiger partial charge < -0.3 is 14.7 Å². The fourth-order valence-corrected chi connectivity index (χ4v) is 4.54. The second-order valence-electron chi connectivity index (χ2n) is 7.09. The van der Waals surface area contributed by atoms with Crippen molar-refractivity contribution in [1.82, 2.24) is 9.88 Å². The van der Waals surface area contributed by atoms with Crippen LogP contribution in [0.5, 0.6) is 5.75 Å². The fraction of sp³-hybridized carbons (Fsp3) is 0.409. The minimum absolute atomic E-state index is 0.0211. The topological polar surface area (TPSA) is 48.8 Å². The van der Waals surface area contributed by atoms with Crippen molar-refractivity contribution in [2.45, 2.75) is 13.3 Å². The van der Waals surface area contributed by atoms with Crippen LogP contribution < -0.4 is 9.64 Å². The van der Waals surface area contributed by atoms with Crippen LogP contribution in [0.2, 0.25) is 0 Å². The number of anilines is 1. The van der Waals surface area contributed by atoms with Crippen LogP contribution in [0.15, 0.2) is 41.8 Å². The zero-order valence-electron chi connectivity index (χ0n) is 16.3. The largest absolute Gasteiger partial charge is 0.491 e. The van der Waals surface area contributed by atoms with Crippen LogP contribution in [0.25, 0.3) is 21.3 Å². The van der Waals surface area contributed by atoms with E-state index in [1.165, 1.54) is 23.1 Å². The van der Waals surface area contributed by atoms with Gasteiger partial charge in [0.25, 0.3) is 0 Å². The van der Waals surface area contributed by atoms with E-state index in [0.717, 1.165) is 49.0 Å². The highest BCUT2D eigenvalue weighted by molar-refractivity contribution is 7.17. The van der Waals surface area contributed by atoms with Crippen molar-refractivity contribution < 1.29 is 9.84 Å². The van der Waals surface area contributed by atoms with E-state index in [4.69, 9.17) is 14.8 Å². The molecule has 1 saturated heterocycles. The molecule has 1 aliphatic heterocycles. The maximum atomic E-state index is 8.90. The minimum Gasteiger partial charge on any atom is -0.491 e. The molecule has 28 heavy (non-hydrogen) atoms. The summed E-state index contributed by atoms with van der Waals surface area (Å²) >= 11 is 1.77. The third kappa shape index (κ3) is 4.14. The van der Waals surface area contributed by atoms with E-state index in [9.17, 15) is 0 Å². The Kier molecular flexibility index (Phi) is 6.10. The van der Waals surface area contributed by atoms with Gasteiger partial charge in [0.2, 0.25) is 0 Å². The van der Waals surface area contributed by atoms with E-state index in [-0.39, 0.29) is 6.61 Å². The zero-order valence-corrected chi connectivity index (χ0v) is 17.1. The molecule has 1 aromatic carbocycles. The molecule has 6 heteroatoms. The first-order valence-electron chi connectivity index (χ1n) is 9.98. The first-order valence-corrected chi connectivity index (χ1v) is 10.9. The predicted molar refractivity (Wildman–Crippen MR) is 117 cm³/mol. The third-order valence-electron chi connectivity index (χ3n) is 5.15. The van der Waals surface area contributed by atoms with Crippen molar-refractivity contribution in [3.8, 4) is 17.0 Å². The Hall–Kier alpha value is -2.15. The lowest BCUT2D eigenvalue weighted by molar-refractivity contribution is 0.201. The van der Waals surface area contributed by atoms with Crippen LogP contribution in [0.3, 0.4) is 0 Å². The summed E-state index contributed by atoms with van der Waals surface area (Å²) < 4.78 is 6.75. The van der Waals surface area contributed by atoms with Crippen molar-refractivity contribution in [1.29, 1.82) is 0 Å². The Morgan fingerprint density at radius 1 is 1.11 bits per heavy atom. The normalized spacial score (nSPS) is 15.3. The second-order valence-corrected chi connectivity index (χ2v) is 8.04. The molecule has 0 radical (unpaired) electrons. The van der Waals surface area contributed by atoms with Crippen LogP contribution in [0.4, 0.5) is 5.82 Å². The average molecular weight is 398 g/mol. The van der Waals surface area contributed by atoms with E-state index < -0.39 is 0 Å². The quantitative estimate of drug-likeness (QED) is 0.656. The molecular weight excluding hydrogens is 370 g/mol. The van der Waals surface area contributed by atoms with Gasteiger partial charge in [-0.2, -0.15) is 0 Å². The summed E-state index contributed by atoms with van der Waals surface area (Å²) in [6.07, 6.45) is 1.21. The Labute approximate surface area is 170 Å². The molecular formula is C22H27N3O2S. The number of hydrogen-bond donors (Lipinski definition) is 1. The van der Waals surface area contributed by atoms with E-state index in [1.807, 2.05) is 24.3 Å². The van der Waals surface area contributed by atoms with Gasteiger partial charge in [0.15, 0.2) is 0 Å². The Bertz CT molecular complexity index is 902. The number of rotatable bonds is 7. The Morgan fingerprint density at radius 2 is 1.89 bits per heavy atom. The van der Waals surface area contributed by atoms with Gasteiger partial charge in [-0.25, -0.2) is 4.98 Å². The van der Waals surface area contributed by atoms with Gasteiger partial charge in [-0.1, -0.05) is 6.92 Å². The van der Waals surface area contributed by atoms with E-state index >= 15 is 0 Å². The molecule has 0 spiro atoms. The standard InChI is InChI=1S/C22H27N3O2S/c1-2-8-24-9-11-25(12-10-24)22-19-7-15-28-21(19)16-20(23-22)17-3-5-18(6-4-17)27-14-13-26/h3-7,15-16,26H,2,8-14H2,1H3. The van der Waals surface area contributed by atoms with E-state index in [2.05, 4.69) is 34.2 Å². The molecule has 5 nitrogen and oxygen atoms in total. The molecule has 1 N–H and O–H groups in total. The molecule has 0 saturated carbocycles. The van der Waals surface area contributed by atoms with Crippen LogP contribution in [-0.2, 0) is 0 Å². The molecule has 148 valence electrons. The molecule has 1 fully saturated rings. The van der Waals surface area contributed by atoms with Crippen LogP contribution >= 0.6 is 11.3 Å². The fourth-order valence-electron chi connectivity index (χ4n) is 3.72. The number of hydrogen-bond acceptors (Lipinski definition) is 6. The van der Waals surface area contributed by atoms with Crippen molar-refractivity contribution in [3.05, 3.63) is 41.8 Å². The first kappa shape index (κ1) is 19.2. The zero-order chi connectivity index (χ0) is 19.3. The number of fused-ring (bicyclic) bond motifs is 1. The number of aliphatic hydroxyl groups excluding tert-OH is 1. The highest BCUT2D eigenvalue weighted by Crippen LogP contribution is 2.34. The number of piperazine rings is 1. The summed E-state index contributed by atoms with van der Waals surface area (Å²) in [5.74, 6) is 1.87. The third-order valence-corrected chi connectivity index (χ3v) is 6.02. The number of aromatic nitrogens is 1. The highest BCUT2D eigenvalue weighted by Gasteiger charge is 2.20. The summed E-state index contributed by atoms with van der Waals surface area (Å²) in [5.41, 5.74) is 2.08. The van der Waals surface area contributed by atoms with Gasteiger partial charge in [-0.15, -0.1) is 11.3 Å². The molecule has 0 unspecified atom stereocenters. The number of aliphatic hydroxyl groups is 1. The average Bonchev–Trinajstić information content (AvgIpc) is 3.21. The monoisotopic (exact) mass is 397 g/mol. The van der Waals surface area contributed by atoms with Crippen LogP contribution in [0, 0.1) is 0 Å². The van der Waals surface area contributed by atoms with Crippen molar-refractivity contribution in [3.63, 3.8) is 0 Å². The predicted octanol–water partition coefficient (Wildman–Crippen LogP) is 3.87. The summed E-state index contributed by atoms with van der Waals surface area (Å²) in [7, 11) is 0. The van der Waals surface area contributed by atoms with Crippen LogP contribution in [0.1, 0.15) is 13.3 Å². The van der Waals surface area contributed by atoms with Gasteiger partial charge >= 0.3 is 0 Å². The second kappa shape index (κ2) is 8.90. The van der Waals surface area contributed by atoms with E-state index in [1.54, 1.807) is 11.3 Å². The SMILES string of the molecule is CCCN1CCN(c2nc(-c3ccc(OCCO)cc3)cc3sccc23)CC1. The minimum atomic E-state index is 0.0211. The lowest BCUT2D eigenvalue weighted by atomic mass is 10.1. The Balaban J connectivity index is 1.60. The summed E-state index contributed by atoms with van der Waals surface area (Å²) in [6.45, 7) is 8.00. The lowest BCUT2D eigenvalue weighted by Gasteiger charge is -2.35. The highest BCUT2D eigenvalue weighted by atomic mass is 32.1. The van der Waals surface area contributed by atoms with Gasteiger partial charge in [-0.05, 0) is 54.7 Å². The lowest BCUT2D eigenvalue weighted by Crippen LogP contribution is -2.46. The molecule has 2 aromatic heterocycles. The maximum absolute atomic E-state index is 8.90. The molecule has 0 aliphatic carbocycles. The molecule has 4 rings (SSSR count). The van der Waals surface area contributed by atoms with Crippen molar-refractivity contribution >= 4 is 27.2 Å². The van der Waals surface area contributed by atoms with Gasteiger partial charge in [0.1, 0.15) is 18.2 Å². The smallest absolute Gasteiger partial charge is 0.138 e. The number of nitrogens with zero attached hydrogens (tertiary/aromatic N) is 3. The maximum Gasteiger partial charge on any atom is 0.138 e. The Morgan fingerprint density at radius 3 is 2.61 bits per heavy atom. The molecule has 0 amide bonds. The summed E-state index contributed by atoms with van der Waals surface area (Å²) in [4.78, 5) is 10.0. The first-order chi connectivity index (χ1) is 13.8. The molecule has 3 heterocycles. The number of benzene rings is 1. The molecule has 1 aliphatic rings. The number of thiophene rings is 1.